The first kappa shape index (κ1) is 12.0. The van der Waals surface area contributed by atoms with Gasteiger partial charge >= 0.3 is 5.97 Å². The maximum atomic E-state index is 11.2. The van der Waals surface area contributed by atoms with Crippen molar-refractivity contribution >= 4 is 5.97 Å². The fourth-order valence-corrected chi connectivity index (χ4v) is 2.29. The van der Waals surface area contributed by atoms with Crippen LogP contribution in [0.4, 0.5) is 0 Å². The molecule has 1 fully saturated rings. The Morgan fingerprint density at radius 3 is 3.00 bits per heavy atom. The molecule has 1 aromatic heterocycles. The van der Waals surface area contributed by atoms with Crippen LogP contribution in [0.25, 0.3) is 0 Å². The van der Waals surface area contributed by atoms with Crippen molar-refractivity contribution in [1.82, 2.24) is 9.88 Å². The molecular weight excluding hydrogens is 216 g/mol. The zero-order chi connectivity index (χ0) is 12.3. The summed E-state index contributed by atoms with van der Waals surface area (Å²) in [6.07, 6.45) is 4.69. The molecule has 0 radical (unpaired) electrons. The average Bonchev–Trinajstić information content (AvgIpc) is 2.32. The summed E-state index contributed by atoms with van der Waals surface area (Å²) in [5, 5.41) is 9.17. The number of nitrogens with zero attached hydrogens (tertiary/aromatic N) is 2. The molecule has 92 valence electrons. The first-order valence-electron chi connectivity index (χ1n) is 6.05. The molecule has 1 aliphatic heterocycles. The van der Waals surface area contributed by atoms with Gasteiger partial charge in [-0.3, -0.25) is 14.7 Å². The molecule has 0 aliphatic carbocycles. The molecule has 1 saturated heterocycles. The summed E-state index contributed by atoms with van der Waals surface area (Å²) in [5.74, 6) is -0.704. The van der Waals surface area contributed by atoms with Crippen LogP contribution in [0.1, 0.15) is 30.5 Å². The number of aromatic nitrogens is 1. The van der Waals surface area contributed by atoms with Gasteiger partial charge in [0.2, 0.25) is 0 Å². The Hall–Kier alpha value is -1.42. The van der Waals surface area contributed by atoms with Crippen LogP contribution >= 0.6 is 0 Å². The largest absolute Gasteiger partial charge is 0.480 e. The molecule has 1 aromatic rings. The van der Waals surface area contributed by atoms with Crippen molar-refractivity contribution in [3.05, 3.63) is 29.6 Å². The minimum absolute atomic E-state index is 0.329. The lowest BCUT2D eigenvalue weighted by Crippen LogP contribution is -2.44. The summed E-state index contributed by atoms with van der Waals surface area (Å²) >= 11 is 0. The number of likely N-dealkylation sites (tertiary alicyclic amines) is 1. The Labute approximate surface area is 101 Å². The molecule has 4 heteroatoms. The number of carboxylic acids is 1. The quantitative estimate of drug-likeness (QED) is 0.867. The van der Waals surface area contributed by atoms with E-state index in [9.17, 15) is 9.90 Å². The number of carboxylic acid groups (broad SMARTS) is 1. The van der Waals surface area contributed by atoms with Crippen LogP contribution in [0, 0.1) is 6.92 Å². The predicted octanol–water partition coefficient (Wildman–Crippen LogP) is 1.83. The summed E-state index contributed by atoms with van der Waals surface area (Å²) in [5.41, 5.74) is 2.07. The van der Waals surface area contributed by atoms with E-state index in [2.05, 4.69) is 4.98 Å². The van der Waals surface area contributed by atoms with Gasteiger partial charge in [0.15, 0.2) is 0 Å². The third-order valence-corrected chi connectivity index (χ3v) is 3.26. The van der Waals surface area contributed by atoms with E-state index in [0.29, 0.717) is 6.54 Å². The van der Waals surface area contributed by atoms with E-state index in [-0.39, 0.29) is 6.04 Å². The van der Waals surface area contributed by atoms with Crippen LogP contribution < -0.4 is 0 Å². The first-order chi connectivity index (χ1) is 8.16. The van der Waals surface area contributed by atoms with Crippen LogP contribution in [0.15, 0.2) is 18.3 Å². The molecule has 0 aromatic carbocycles. The second-order valence-corrected chi connectivity index (χ2v) is 4.63. The first-order valence-corrected chi connectivity index (χ1v) is 6.05. The number of pyridine rings is 1. The van der Waals surface area contributed by atoms with Crippen molar-refractivity contribution in [3.8, 4) is 0 Å². The van der Waals surface area contributed by atoms with Gasteiger partial charge < -0.3 is 5.11 Å². The van der Waals surface area contributed by atoms with Gasteiger partial charge in [0.25, 0.3) is 0 Å². The lowest BCUT2D eigenvalue weighted by Gasteiger charge is -2.32. The van der Waals surface area contributed by atoms with Crippen molar-refractivity contribution in [3.63, 3.8) is 0 Å². The van der Waals surface area contributed by atoms with Gasteiger partial charge in [0.05, 0.1) is 0 Å². The molecule has 0 bridgehead atoms. The number of hydrogen-bond acceptors (Lipinski definition) is 3. The maximum Gasteiger partial charge on any atom is 0.320 e. The zero-order valence-electron chi connectivity index (χ0n) is 10.1. The predicted molar refractivity (Wildman–Crippen MR) is 64.7 cm³/mol. The third kappa shape index (κ3) is 3.03. The number of aliphatic carboxylic acids is 1. The summed E-state index contributed by atoms with van der Waals surface area (Å²) in [7, 11) is 0. The fourth-order valence-electron chi connectivity index (χ4n) is 2.29. The molecule has 0 spiro atoms. The minimum atomic E-state index is -0.704. The van der Waals surface area contributed by atoms with Crippen LogP contribution in [-0.4, -0.2) is 33.5 Å². The van der Waals surface area contributed by atoms with Crippen molar-refractivity contribution in [2.45, 2.75) is 38.8 Å². The number of carbonyl (C=O) groups is 1. The smallest absolute Gasteiger partial charge is 0.320 e. The highest BCUT2D eigenvalue weighted by Gasteiger charge is 2.28. The van der Waals surface area contributed by atoms with Gasteiger partial charge in [-0.15, -0.1) is 0 Å². The van der Waals surface area contributed by atoms with E-state index < -0.39 is 5.97 Å². The number of hydrogen-bond donors (Lipinski definition) is 1. The lowest BCUT2D eigenvalue weighted by molar-refractivity contribution is -0.144. The third-order valence-electron chi connectivity index (χ3n) is 3.26. The van der Waals surface area contributed by atoms with Gasteiger partial charge in [-0.2, -0.15) is 0 Å². The second kappa shape index (κ2) is 5.27. The summed E-state index contributed by atoms with van der Waals surface area (Å²) in [6.45, 7) is 3.50. The average molecular weight is 234 g/mol. The maximum absolute atomic E-state index is 11.2. The van der Waals surface area contributed by atoms with E-state index in [0.717, 1.165) is 37.1 Å². The van der Waals surface area contributed by atoms with E-state index in [1.165, 1.54) is 0 Å². The molecule has 4 nitrogen and oxygen atoms in total. The highest BCUT2D eigenvalue weighted by molar-refractivity contribution is 5.73. The van der Waals surface area contributed by atoms with Gasteiger partial charge in [0, 0.05) is 18.4 Å². The summed E-state index contributed by atoms with van der Waals surface area (Å²) in [6, 6.07) is 3.66. The monoisotopic (exact) mass is 234 g/mol. The molecule has 0 saturated carbocycles. The Kier molecular flexibility index (Phi) is 3.74. The normalized spacial score (nSPS) is 21.4. The second-order valence-electron chi connectivity index (χ2n) is 4.63. The number of aryl methyl sites for hydroxylation is 1. The Morgan fingerprint density at radius 2 is 2.35 bits per heavy atom. The SMILES string of the molecule is Cc1ccc(CN2CCCCC2C(=O)O)cn1. The Morgan fingerprint density at radius 1 is 1.53 bits per heavy atom. The number of rotatable bonds is 3. The summed E-state index contributed by atoms with van der Waals surface area (Å²) < 4.78 is 0. The van der Waals surface area contributed by atoms with Crippen LogP contribution in [0.3, 0.4) is 0 Å². The molecule has 2 rings (SSSR count). The van der Waals surface area contributed by atoms with Crippen molar-refractivity contribution < 1.29 is 9.90 Å². The van der Waals surface area contributed by atoms with Gasteiger partial charge in [-0.05, 0) is 37.9 Å². The lowest BCUT2D eigenvalue weighted by atomic mass is 10.0. The van der Waals surface area contributed by atoms with E-state index in [1.54, 1.807) is 0 Å². The molecule has 2 heterocycles. The van der Waals surface area contributed by atoms with Crippen LogP contribution in [-0.2, 0) is 11.3 Å². The zero-order valence-corrected chi connectivity index (χ0v) is 10.1. The Balaban J connectivity index is 2.05. The Bertz CT molecular complexity index is 389. The highest BCUT2D eigenvalue weighted by Crippen LogP contribution is 2.19. The standard InChI is InChI=1S/C13H18N2O2/c1-10-5-6-11(8-14-10)9-15-7-3-2-4-12(15)13(16)17/h5-6,8,12H,2-4,7,9H2,1H3,(H,16,17). The van der Waals surface area contributed by atoms with Crippen molar-refractivity contribution in [2.75, 3.05) is 6.54 Å². The van der Waals surface area contributed by atoms with E-state index in [1.807, 2.05) is 30.2 Å². The van der Waals surface area contributed by atoms with Crippen molar-refractivity contribution in [2.24, 2.45) is 0 Å². The topological polar surface area (TPSA) is 53.4 Å². The molecule has 17 heavy (non-hydrogen) atoms. The van der Waals surface area contributed by atoms with Gasteiger partial charge in [-0.1, -0.05) is 12.5 Å². The highest BCUT2D eigenvalue weighted by atomic mass is 16.4. The van der Waals surface area contributed by atoms with E-state index >= 15 is 0 Å². The molecule has 0 amide bonds. The molecule has 1 unspecified atom stereocenters. The van der Waals surface area contributed by atoms with Crippen molar-refractivity contribution in [1.29, 1.82) is 0 Å². The molecule has 1 atom stereocenters. The van der Waals surface area contributed by atoms with Crippen LogP contribution in [0.5, 0.6) is 0 Å². The number of piperidine rings is 1. The van der Waals surface area contributed by atoms with Crippen LogP contribution in [0.2, 0.25) is 0 Å². The minimum Gasteiger partial charge on any atom is -0.480 e. The van der Waals surface area contributed by atoms with Gasteiger partial charge in [0.1, 0.15) is 6.04 Å². The molecular formula is C13H18N2O2. The molecule has 1 aliphatic rings. The molecule has 1 N–H and O–H groups in total. The summed E-state index contributed by atoms with van der Waals surface area (Å²) in [4.78, 5) is 17.4. The van der Waals surface area contributed by atoms with Gasteiger partial charge in [-0.25, -0.2) is 0 Å². The van der Waals surface area contributed by atoms with E-state index in [4.69, 9.17) is 0 Å². The fraction of sp³-hybridized carbons (Fsp3) is 0.538.